The molecule has 1 N–H and O–H groups in total. The Bertz CT molecular complexity index is 1080. The molecule has 1 unspecified atom stereocenters. The van der Waals surface area contributed by atoms with Crippen LogP contribution in [0.3, 0.4) is 0 Å². The third-order valence-corrected chi connectivity index (χ3v) is 7.46. The predicted octanol–water partition coefficient (Wildman–Crippen LogP) is 3.93. The number of likely N-dealkylation sites (tertiary alicyclic amines) is 1. The van der Waals surface area contributed by atoms with E-state index in [0.29, 0.717) is 13.0 Å². The Kier molecular flexibility index (Phi) is 9.22. The molecule has 1 aliphatic heterocycles. The van der Waals surface area contributed by atoms with Gasteiger partial charge in [0.15, 0.2) is 0 Å². The normalized spacial score (nSPS) is 19.0. The van der Waals surface area contributed by atoms with Crippen LogP contribution in [0.4, 0.5) is 0 Å². The number of benzene rings is 2. The molecular weight excluding hydrogens is 450 g/mol. The lowest BCUT2D eigenvalue weighted by molar-refractivity contribution is -0.132. The van der Waals surface area contributed by atoms with E-state index in [1.54, 1.807) is 17.0 Å². The van der Waals surface area contributed by atoms with E-state index in [1.165, 1.54) is 12.1 Å². The molecule has 2 aromatic rings. The van der Waals surface area contributed by atoms with E-state index >= 15 is 0 Å². The van der Waals surface area contributed by atoms with E-state index in [1.807, 2.05) is 37.3 Å². The lowest BCUT2D eigenvalue weighted by Crippen LogP contribution is -2.48. The minimum Gasteiger partial charge on any atom is -0.334 e. The fraction of sp³-hybridized carbons (Fsp3) is 0.462. The van der Waals surface area contributed by atoms with E-state index < -0.39 is 28.3 Å². The van der Waals surface area contributed by atoms with Gasteiger partial charge in [0.1, 0.15) is 6.04 Å². The van der Waals surface area contributed by atoms with Crippen molar-refractivity contribution in [2.75, 3.05) is 6.54 Å². The monoisotopic (exact) mass is 483 g/mol. The Morgan fingerprint density at radius 3 is 2.53 bits per heavy atom. The molecule has 1 saturated heterocycles. The third-order valence-electron chi connectivity index (χ3n) is 6.08. The van der Waals surface area contributed by atoms with Gasteiger partial charge in [0, 0.05) is 19.5 Å². The molecule has 34 heavy (non-hydrogen) atoms. The number of nitriles is 1. The molecule has 3 atom stereocenters. The van der Waals surface area contributed by atoms with Crippen LogP contribution in [0.15, 0.2) is 59.5 Å². The van der Waals surface area contributed by atoms with Crippen molar-refractivity contribution in [3.8, 4) is 6.07 Å². The van der Waals surface area contributed by atoms with Crippen molar-refractivity contribution in [3.63, 3.8) is 0 Å². The highest BCUT2D eigenvalue weighted by atomic mass is 32.2. The summed E-state index contributed by atoms with van der Waals surface area (Å²) in [5, 5.41) is 13.1. The Morgan fingerprint density at radius 2 is 1.88 bits per heavy atom. The number of hydrogen-bond donors (Lipinski definition) is 1. The number of aryl methyl sites for hydroxylation is 1. The molecule has 2 aromatic carbocycles. The molecular formula is C26H33N3O4S. The highest BCUT2D eigenvalue weighted by molar-refractivity contribution is 7.86. The van der Waals surface area contributed by atoms with Crippen molar-refractivity contribution in [2.45, 2.75) is 75.6 Å². The van der Waals surface area contributed by atoms with Gasteiger partial charge in [-0.2, -0.15) is 13.7 Å². The fourth-order valence-electron chi connectivity index (χ4n) is 4.20. The Morgan fingerprint density at radius 1 is 1.18 bits per heavy atom. The molecule has 8 heteroatoms. The van der Waals surface area contributed by atoms with Crippen molar-refractivity contribution in [3.05, 3.63) is 65.7 Å². The molecule has 0 aromatic heterocycles. The van der Waals surface area contributed by atoms with E-state index in [9.17, 15) is 18.5 Å². The van der Waals surface area contributed by atoms with Crippen LogP contribution >= 0.6 is 0 Å². The van der Waals surface area contributed by atoms with Crippen LogP contribution in [0.5, 0.6) is 0 Å². The van der Waals surface area contributed by atoms with Crippen LogP contribution in [0.1, 0.15) is 50.2 Å². The maximum absolute atomic E-state index is 13.0. The number of amides is 1. The second-order valence-corrected chi connectivity index (χ2v) is 10.3. The van der Waals surface area contributed by atoms with Gasteiger partial charge in [-0.3, -0.25) is 14.3 Å². The molecule has 0 spiro atoms. The fourth-order valence-corrected chi connectivity index (χ4v) is 5.28. The molecule has 0 bridgehead atoms. The zero-order chi connectivity index (χ0) is 24.6. The zero-order valence-electron chi connectivity index (χ0n) is 19.8. The highest BCUT2D eigenvalue weighted by Crippen LogP contribution is 2.28. The SMILES string of the molecule is CCCCCC(=O)N1C[C@H](OS(=O)(=O)c2ccc(C)cc2)C[C@H]1C(C#N)NCc1ccccc1. The second-order valence-electron chi connectivity index (χ2n) is 8.76. The van der Waals surface area contributed by atoms with Gasteiger partial charge in [-0.05, 0) is 37.5 Å². The first-order valence-electron chi connectivity index (χ1n) is 11.8. The van der Waals surface area contributed by atoms with Crippen LogP contribution in [0.2, 0.25) is 0 Å². The Balaban J connectivity index is 1.75. The summed E-state index contributed by atoms with van der Waals surface area (Å²) in [6.45, 7) is 4.57. The average Bonchev–Trinajstić information content (AvgIpc) is 3.23. The first-order chi connectivity index (χ1) is 16.3. The number of carbonyl (C=O) groups is 1. The van der Waals surface area contributed by atoms with Gasteiger partial charge < -0.3 is 4.90 Å². The van der Waals surface area contributed by atoms with Gasteiger partial charge in [0.2, 0.25) is 5.91 Å². The summed E-state index contributed by atoms with van der Waals surface area (Å²) < 4.78 is 31.2. The van der Waals surface area contributed by atoms with Gasteiger partial charge in [0.05, 0.1) is 23.1 Å². The quantitative estimate of drug-likeness (QED) is 0.384. The third kappa shape index (κ3) is 6.89. The number of hydrogen-bond acceptors (Lipinski definition) is 6. The minimum atomic E-state index is -3.98. The molecule has 1 heterocycles. The molecule has 0 radical (unpaired) electrons. The molecule has 3 rings (SSSR count). The molecule has 1 aliphatic rings. The smallest absolute Gasteiger partial charge is 0.297 e. The maximum atomic E-state index is 13.0. The predicted molar refractivity (Wildman–Crippen MR) is 130 cm³/mol. The van der Waals surface area contributed by atoms with Crippen molar-refractivity contribution < 1.29 is 17.4 Å². The lowest BCUT2D eigenvalue weighted by Gasteiger charge is -2.28. The summed E-state index contributed by atoms with van der Waals surface area (Å²) in [4.78, 5) is 14.7. The number of nitrogens with one attached hydrogen (secondary N) is 1. The average molecular weight is 484 g/mol. The summed E-state index contributed by atoms with van der Waals surface area (Å²) in [6.07, 6.45) is 2.64. The second kappa shape index (κ2) is 12.1. The van der Waals surface area contributed by atoms with Gasteiger partial charge in [-0.1, -0.05) is 67.8 Å². The van der Waals surface area contributed by atoms with Crippen LogP contribution in [0.25, 0.3) is 0 Å². The topological polar surface area (TPSA) is 99.5 Å². The van der Waals surface area contributed by atoms with Gasteiger partial charge >= 0.3 is 0 Å². The molecule has 7 nitrogen and oxygen atoms in total. The molecule has 0 aliphatic carbocycles. The number of carbonyl (C=O) groups excluding carboxylic acids is 1. The summed E-state index contributed by atoms with van der Waals surface area (Å²) in [5.41, 5.74) is 1.97. The van der Waals surface area contributed by atoms with Gasteiger partial charge in [0.25, 0.3) is 10.1 Å². The molecule has 1 amide bonds. The maximum Gasteiger partial charge on any atom is 0.297 e. The largest absolute Gasteiger partial charge is 0.334 e. The zero-order valence-corrected chi connectivity index (χ0v) is 20.6. The highest BCUT2D eigenvalue weighted by Gasteiger charge is 2.42. The van der Waals surface area contributed by atoms with Gasteiger partial charge in [-0.25, -0.2) is 0 Å². The standard InChI is InChI=1S/C26H33N3O4S/c1-3-4-6-11-26(30)29-19-22(33-34(31,32)23-14-12-20(2)13-15-23)16-25(29)24(17-27)28-18-21-9-7-5-8-10-21/h5,7-10,12-15,22,24-25,28H,3-4,6,11,16,18-19H2,1-2H3/t22-,24?,25+/m1/s1. The first kappa shape index (κ1) is 25.9. The van der Waals surface area contributed by atoms with Gasteiger partial charge in [-0.15, -0.1) is 0 Å². The van der Waals surface area contributed by atoms with Crippen molar-refractivity contribution in [1.29, 1.82) is 5.26 Å². The van der Waals surface area contributed by atoms with Crippen LogP contribution < -0.4 is 5.32 Å². The van der Waals surface area contributed by atoms with E-state index in [0.717, 1.165) is 30.4 Å². The summed E-state index contributed by atoms with van der Waals surface area (Å²) in [7, 11) is -3.98. The van der Waals surface area contributed by atoms with E-state index in [2.05, 4.69) is 18.3 Å². The summed E-state index contributed by atoms with van der Waals surface area (Å²) >= 11 is 0. The van der Waals surface area contributed by atoms with E-state index in [4.69, 9.17) is 4.18 Å². The van der Waals surface area contributed by atoms with Crippen LogP contribution in [0, 0.1) is 18.3 Å². The summed E-state index contributed by atoms with van der Waals surface area (Å²) in [5.74, 6) is -0.0703. The van der Waals surface area contributed by atoms with Crippen LogP contribution in [-0.4, -0.2) is 44.0 Å². The van der Waals surface area contributed by atoms with E-state index in [-0.39, 0.29) is 23.8 Å². The van der Waals surface area contributed by atoms with Crippen molar-refractivity contribution in [2.24, 2.45) is 0 Å². The molecule has 182 valence electrons. The number of rotatable bonds is 11. The first-order valence-corrected chi connectivity index (χ1v) is 13.2. The number of unbranched alkanes of at least 4 members (excludes halogenated alkanes) is 2. The number of nitrogens with zero attached hydrogens (tertiary/aromatic N) is 2. The Labute approximate surface area is 202 Å². The lowest BCUT2D eigenvalue weighted by atomic mass is 10.0. The minimum absolute atomic E-state index is 0.0703. The molecule has 0 saturated carbocycles. The Hall–Kier alpha value is -2.73. The van der Waals surface area contributed by atoms with Crippen molar-refractivity contribution in [1.82, 2.24) is 10.2 Å². The summed E-state index contributed by atoms with van der Waals surface area (Å²) in [6, 6.07) is 17.3. The van der Waals surface area contributed by atoms with Crippen molar-refractivity contribution >= 4 is 16.0 Å². The molecule has 1 fully saturated rings. The van der Waals surface area contributed by atoms with Crippen LogP contribution in [-0.2, 0) is 25.6 Å².